The highest BCUT2D eigenvalue weighted by Gasteiger charge is 2.20. The maximum atomic E-state index is 12.1. The third-order valence-electron chi connectivity index (χ3n) is 4.05. The van der Waals surface area contributed by atoms with Crippen molar-refractivity contribution in [2.45, 2.75) is 19.0 Å². The van der Waals surface area contributed by atoms with Crippen molar-refractivity contribution >= 4 is 28.5 Å². The van der Waals surface area contributed by atoms with Crippen LogP contribution in [0, 0.1) is 0 Å². The Balaban J connectivity index is 1.74. The van der Waals surface area contributed by atoms with E-state index >= 15 is 0 Å². The van der Waals surface area contributed by atoms with E-state index in [-0.39, 0.29) is 5.97 Å². The van der Waals surface area contributed by atoms with Gasteiger partial charge in [0.05, 0.1) is 7.11 Å². The standard InChI is InChI=1S/C19H19ClN2O2/c1-24-19(23)18(21-11-13-6-8-15(20)9-7-13)10-14-12-22-17-5-3-2-4-16(14)17/h2-9,12,18,21-22H,10-11H2,1H3/t18-/m0/s1. The zero-order valence-corrected chi connectivity index (χ0v) is 14.1. The second kappa shape index (κ2) is 7.51. The average Bonchev–Trinajstić information content (AvgIpc) is 3.02. The Bertz CT molecular complexity index is 827. The molecule has 0 aliphatic carbocycles. The molecule has 5 heteroatoms. The third-order valence-corrected chi connectivity index (χ3v) is 4.30. The Hall–Kier alpha value is -2.30. The van der Waals surface area contributed by atoms with Crippen molar-refractivity contribution in [3.63, 3.8) is 0 Å². The van der Waals surface area contributed by atoms with Crippen LogP contribution >= 0.6 is 11.6 Å². The number of carbonyl (C=O) groups excluding carboxylic acids is 1. The number of aromatic amines is 1. The Kier molecular flexibility index (Phi) is 5.18. The molecule has 0 aliphatic heterocycles. The van der Waals surface area contributed by atoms with Crippen LogP contribution in [0.3, 0.4) is 0 Å². The van der Waals surface area contributed by atoms with Crippen molar-refractivity contribution in [2.24, 2.45) is 0 Å². The molecular weight excluding hydrogens is 324 g/mol. The molecule has 1 aromatic heterocycles. The summed E-state index contributed by atoms with van der Waals surface area (Å²) >= 11 is 5.90. The first kappa shape index (κ1) is 16.6. The number of aromatic nitrogens is 1. The van der Waals surface area contributed by atoms with Gasteiger partial charge in [-0.2, -0.15) is 0 Å². The Morgan fingerprint density at radius 2 is 1.96 bits per heavy atom. The number of H-pyrrole nitrogens is 1. The van der Waals surface area contributed by atoms with E-state index in [0.29, 0.717) is 18.0 Å². The molecule has 3 rings (SSSR count). The molecular formula is C19H19ClN2O2. The molecule has 124 valence electrons. The van der Waals surface area contributed by atoms with Gasteiger partial charge in [0.1, 0.15) is 6.04 Å². The summed E-state index contributed by atoms with van der Waals surface area (Å²) in [5.74, 6) is -0.269. The minimum absolute atomic E-state index is 0.269. The second-order valence-electron chi connectivity index (χ2n) is 5.65. The zero-order valence-electron chi connectivity index (χ0n) is 13.4. The lowest BCUT2D eigenvalue weighted by Crippen LogP contribution is -2.39. The van der Waals surface area contributed by atoms with Gasteiger partial charge in [0, 0.05) is 35.1 Å². The maximum Gasteiger partial charge on any atom is 0.323 e. The molecule has 0 radical (unpaired) electrons. The van der Waals surface area contributed by atoms with E-state index in [1.807, 2.05) is 48.7 Å². The molecule has 0 unspecified atom stereocenters. The van der Waals surface area contributed by atoms with Crippen molar-refractivity contribution in [1.82, 2.24) is 10.3 Å². The van der Waals surface area contributed by atoms with Gasteiger partial charge < -0.3 is 15.0 Å². The summed E-state index contributed by atoms with van der Waals surface area (Å²) in [4.78, 5) is 15.4. The van der Waals surface area contributed by atoms with Crippen LogP contribution in [0.25, 0.3) is 10.9 Å². The number of rotatable bonds is 6. The highest BCUT2D eigenvalue weighted by molar-refractivity contribution is 6.30. The largest absolute Gasteiger partial charge is 0.468 e. The van der Waals surface area contributed by atoms with E-state index in [1.165, 1.54) is 7.11 Å². The summed E-state index contributed by atoms with van der Waals surface area (Å²) in [6, 6.07) is 15.2. The van der Waals surface area contributed by atoms with Crippen LogP contribution in [0.1, 0.15) is 11.1 Å². The molecule has 0 spiro atoms. The minimum Gasteiger partial charge on any atom is -0.468 e. The smallest absolute Gasteiger partial charge is 0.323 e. The highest BCUT2D eigenvalue weighted by Crippen LogP contribution is 2.19. The first-order valence-electron chi connectivity index (χ1n) is 7.78. The van der Waals surface area contributed by atoms with Crippen LogP contribution in [0.15, 0.2) is 54.7 Å². The predicted molar refractivity (Wildman–Crippen MR) is 96.1 cm³/mol. The Morgan fingerprint density at radius 1 is 1.21 bits per heavy atom. The van der Waals surface area contributed by atoms with Gasteiger partial charge in [-0.1, -0.05) is 41.9 Å². The lowest BCUT2D eigenvalue weighted by atomic mass is 10.0. The van der Waals surface area contributed by atoms with E-state index < -0.39 is 6.04 Å². The van der Waals surface area contributed by atoms with E-state index in [0.717, 1.165) is 22.0 Å². The number of hydrogen-bond acceptors (Lipinski definition) is 3. The lowest BCUT2D eigenvalue weighted by Gasteiger charge is -2.16. The number of para-hydroxylation sites is 1. The van der Waals surface area contributed by atoms with Gasteiger partial charge in [0.2, 0.25) is 0 Å². The van der Waals surface area contributed by atoms with Crippen molar-refractivity contribution in [3.05, 3.63) is 70.9 Å². The number of fused-ring (bicyclic) bond motifs is 1. The summed E-state index contributed by atoms with van der Waals surface area (Å²) in [5.41, 5.74) is 3.21. The van der Waals surface area contributed by atoms with Gasteiger partial charge in [0.15, 0.2) is 0 Å². The number of esters is 1. The fourth-order valence-electron chi connectivity index (χ4n) is 2.74. The quantitative estimate of drug-likeness (QED) is 0.672. The molecule has 24 heavy (non-hydrogen) atoms. The number of benzene rings is 2. The minimum atomic E-state index is -0.412. The molecule has 0 saturated heterocycles. The molecule has 0 fully saturated rings. The van der Waals surface area contributed by atoms with Crippen molar-refractivity contribution in [1.29, 1.82) is 0 Å². The summed E-state index contributed by atoms with van der Waals surface area (Å²) in [6.45, 7) is 0.569. The van der Waals surface area contributed by atoms with Crippen LogP contribution in [-0.2, 0) is 22.5 Å². The summed E-state index contributed by atoms with van der Waals surface area (Å²) in [5, 5.41) is 5.10. The Labute approximate surface area is 145 Å². The van der Waals surface area contributed by atoms with Crippen molar-refractivity contribution < 1.29 is 9.53 Å². The first-order valence-corrected chi connectivity index (χ1v) is 8.16. The number of carbonyl (C=O) groups is 1. The van der Waals surface area contributed by atoms with E-state index in [2.05, 4.69) is 16.4 Å². The molecule has 2 N–H and O–H groups in total. The van der Waals surface area contributed by atoms with Gasteiger partial charge in [-0.3, -0.25) is 4.79 Å². The predicted octanol–water partition coefficient (Wildman–Crippen LogP) is 3.70. The molecule has 0 aliphatic rings. The van der Waals surface area contributed by atoms with Gasteiger partial charge >= 0.3 is 5.97 Å². The summed E-state index contributed by atoms with van der Waals surface area (Å²) < 4.78 is 4.95. The third kappa shape index (κ3) is 3.78. The average molecular weight is 343 g/mol. The Morgan fingerprint density at radius 3 is 2.71 bits per heavy atom. The fraction of sp³-hybridized carbons (Fsp3) is 0.211. The molecule has 0 amide bonds. The molecule has 2 aromatic carbocycles. The van der Waals surface area contributed by atoms with Crippen LogP contribution < -0.4 is 5.32 Å². The molecule has 0 saturated carbocycles. The van der Waals surface area contributed by atoms with Crippen molar-refractivity contribution in [3.8, 4) is 0 Å². The number of nitrogens with one attached hydrogen (secondary N) is 2. The summed E-state index contributed by atoms with van der Waals surface area (Å²) in [6.07, 6.45) is 2.51. The first-order chi connectivity index (χ1) is 11.7. The summed E-state index contributed by atoms with van der Waals surface area (Å²) in [7, 11) is 1.41. The number of halogens is 1. The van der Waals surface area contributed by atoms with E-state index in [9.17, 15) is 4.79 Å². The van der Waals surface area contributed by atoms with Crippen LogP contribution in [-0.4, -0.2) is 24.1 Å². The number of ether oxygens (including phenoxy) is 1. The zero-order chi connectivity index (χ0) is 16.9. The highest BCUT2D eigenvalue weighted by atomic mass is 35.5. The lowest BCUT2D eigenvalue weighted by molar-refractivity contribution is -0.143. The maximum absolute atomic E-state index is 12.1. The van der Waals surface area contributed by atoms with Gasteiger partial charge in [0.25, 0.3) is 0 Å². The molecule has 1 heterocycles. The topological polar surface area (TPSA) is 54.1 Å². The molecule has 1 atom stereocenters. The molecule has 3 aromatic rings. The normalized spacial score (nSPS) is 12.2. The van der Waals surface area contributed by atoms with Gasteiger partial charge in [-0.05, 0) is 29.3 Å². The van der Waals surface area contributed by atoms with E-state index in [1.54, 1.807) is 0 Å². The van der Waals surface area contributed by atoms with Gasteiger partial charge in [-0.15, -0.1) is 0 Å². The van der Waals surface area contributed by atoms with Crippen molar-refractivity contribution in [2.75, 3.05) is 7.11 Å². The second-order valence-corrected chi connectivity index (χ2v) is 6.08. The van der Waals surface area contributed by atoms with Crippen LogP contribution in [0.5, 0.6) is 0 Å². The van der Waals surface area contributed by atoms with Gasteiger partial charge in [-0.25, -0.2) is 0 Å². The number of methoxy groups -OCH3 is 1. The number of hydrogen-bond donors (Lipinski definition) is 2. The SMILES string of the molecule is COC(=O)[C@H](Cc1c[nH]c2ccccc12)NCc1ccc(Cl)cc1. The fourth-order valence-corrected chi connectivity index (χ4v) is 2.87. The monoisotopic (exact) mass is 342 g/mol. The van der Waals surface area contributed by atoms with Crippen LogP contribution in [0.2, 0.25) is 5.02 Å². The van der Waals surface area contributed by atoms with Crippen LogP contribution in [0.4, 0.5) is 0 Å². The molecule has 0 bridgehead atoms. The van der Waals surface area contributed by atoms with E-state index in [4.69, 9.17) is 16.3 Å². The molecule has 4 nitrogen and oxygen atoms in total.